The number of imidazole rings is 1. The lowest BCUT2D eigenvalue weighted by atomic mass is 10.2. The van der Waals surface area contributed by atoms with Crippen LogP contribution in [0.2, 0.25) is 5.02 Å². The summed E-state index contributed by atoms with van der Waals surface area (Å²) in [4.78, 5) is 19.6. The third kappa shape index (κ3) is 1.40. The molecule has 0 amide bonds. The Morgan fingerprint density at radius 1 is 1.16 bits per heavy atom. The molecule has 19 heavy (non-hydrogen) atoms. The fourth-order valence-corrected chi connectivity index (χ4v) is 2.56. The lowest BCUT2D eigenvalue weighted by Crippen LogP contribution is -2.08. The Hall–Kier alpha value is -2.33. The number of hydrogen-bond donors (Lipinski definition) is 1. The maximum Gasteiger partial charge on any atom is 0.274 e. The van der Waals surface area contributed by atoms with Crippen molar-refractivity contribution in [2.75, 3.05) is 0 Å². The second-order valence-corrected chi connectivity index (χ2v) is 4.82. The van der Waals surface area contributed by atoms with E-state index in [2.05, 4.69) is 9.97 Å². The summed E-state index contributed by atoms with van der Waals surface area (Å²) in [5.41, 5.74) is 2.55. The van der Waals surface area contributed by atoms with E-state index in [9.17, 15) is 4.79 Å². The molecule has 0 aliphatic carbocycles. The van der Waals surface area contributed by atoms with Crippen LogP contribution < -0.4 is 5.56 Å². The highest BCUT2D eigenvalue weighted by Gasteiger charge is 2.12. The second kappa shape index (κ2) is 3.59. The Morgan fingerprint density at radius 3 is 2.89 bits per heavy atom. The lowest BCUT2D eigenvalue weighted by molar-refractivity contribution is 1.20. The average Bonchev–Trinajstić information content (AvgIpc) is 2.78. The standard InChI is InChI=1S/C14H8ClN3O/c15-8-5-6-11-17-12-9-3-1-2-4-10(9)16-14(19)13(12)18(11)7-8/h1-7H,(H,16,19). The number of nitrogens with one attached hydrogen (secondary N) is 1. The van der Waals surface area contributed by atoms with E-state index in [1.54, 1.807) is 22.7 Å². The molecule has 4 aromatic rings. The van der Waals surface area contributed by atoms with Gasteiger partial charge in [0, 0.05) is 11.6 Å². The summed E-state index contributed by atoms with van der Waals surface area (Å²) in [5, 5.41) is 1.50. The molecule has 5 heteroatoms. The maximum absolute atomic E-state index is 12.2. The summed E-state index contributed by atoms with van der Waals surface area (Å²) in [6.45, 7) is 0. The van der Waals surface area contributed by atoms with Crippen molar-refractivity contribution in [3.8, 4) is 0 Å². The van der Waals surface area contributed by atoms with E-state index in [1.165, 1.54) is 0 Å². The smallest absolute Gasteiger partial charge is 0.274 e. The van der Waals surface area contributed by atoms with Gasteiger partial charge in [-0.1, -0.05) is 29.8 Å². The van der Waals surface area contributed by atoms with Crippen molar-refractivity contribution >= 4 is 39.2 Å². The van der Waals surface area contributed by atoms with Crippen LogP contribution in [0.3, 0.4) is 0 Å². The summed E-state index contributed by atoms with van der Waals surface area (Å²) in [6.07, 6.45) is 1.70. The van der Waals surface area contributed by atoms with Crippen LogP contribution in [-0.4, -0.2) is 14.4 Å². The summed E-state index contributed by atoms with van der Waals surface area (Å²) >= 11 is 5.99. The molecule has 0 aliphatic rings. The van der Waals surface area contributed by atoms with Gasteiger partial charge in [-0.15, -0.1) is 0 Å². The lowest BCUT2D eigenvalue weighted by Gasteiger charge is -1.98. The van der Waals surface area contributed by atoms with Crippen LogP contribution in [0.5, 0.6) is 0 Å². The van der Waals surface area contributed by atoms with E-state index in [4.69, 9.17) is 11.6 Å². The molecule has 0 saturated carbocycles. The molecule has 0 saturated heterocycles. The van der Waals surface area contributed by atoms with Gasteiger partial charge >= 0.3 is 0 Å². The van der Waals surface area contributed by atoms with E-state index >= 15 is 0 Å². The molecule has 0 atom stereocenters. The number of pyridine rings is 2. The van der Waals surface area contributed by atoms with Gasteiger partial charge in [0.15, 0.2) is 0 Å². The third-order valence-electron chi connectivity index (χ3n) is 3.23. The topological polar surface area (TPSA) is 50.2 Å². The minimum Gasteiger partial charge on any atom is -0.320 e. The second-order valence-electron chi connectivity index (χ2n) is 4.38. The van der Waals surface area contributed by atoms with Crippen LogP contribution in [0.15, 0.2) is 47.4 Å². The first-order valence-corrected chi connectivity index (χ1v) is 6.20. The molecule has 0 unspecified atom stereocenters. The first kappa shape index (κ1) is 10.6. The van der Waals surface area contributed by atoms with Gasteiger partial charge in [-0.3, -0.25) is 9.20 Å². The van der Waals surface area contributed by atoms with Crippen molar-refractivity contribution in [2.45, 2.75) is 0 Å². The number of H-pyrrole nitrogens is 1. The van der Waals surface area contributed by atoms with E-state index < -0.39 is 0 Å². The largest absolute Gasteiger partial charge is 0.320 e. The number of aromatic amines is 1. The van der Waals surface area contributed by atoms with Crippen molar-refractivity contribution in [2.24, 2.45) is 0 Å². The number of halogens is 1. The van der Waals surface area contributed by atoms with Gasteiger partial charge in [0.05, 0.1) is 10.5 Å². The number of rotatable bonds is 0. The summed E-state index contributed by atoms with van der Waals surface area (Å²) in [6, 6.07) is 11.2. The van der Waals surface area contributed by atoms with Crippen molar-refractivity contribution in [1.82, 2.24) is 14.4 Å². The van der Waals surface area contributed by atoms with Gasteiger partial charge in [-0.25, -0.2) is 4.98 Å². The Morgan fingerprint density at radius 2 is 2.00 bits per heavy atom. The fraction of sp³-hybridized carbons (Fsp3) is 0. The fourth-order valence-electron chi connectivity index (χ4n) is 2.40. The third-order valence-corrected chi connectivity index (χ3v) is 3.45. The maximum atomic E-state index is 12.2. The molecule has 1 aromatic carbocycles. The van der Waals surface area contributed by atoms with Crippen molar-refractivity contribution in [3.63, 3.8) is 0 Å². The predicted molar refractivity (Wildman–Crippen MR) is 75.8 cm³/mol. The molecular formula is C14H8ClN3O. The summed E-state index contributed by atoms with van der Waals surface area (Å²) < 4.78 is 1.73. The Kier molecular flexibility index (Phi) is 2.00. The molecule has 0 fully saturated rings. The number of benzene rings is 1. The minimum absolute atomic E-state index is 0.163. The Labute approximate surface area is 112 Å². The van der Waals surface area contributed by atoms with Gasteiger partial charge < -0.3 is 4.98 Å². The molecule has 4 rings (SSSR count). The Bertz CT molecular complexity index is 1000. The number of aromatic nitrogens is 3. The van der Waals surface area contributed by atoms with Crippen LogP contribution in [-0.2, 0) is 0 Å². The van der Waals surface area contributed by atoms with E-state index in [0.717, 1.165) is 10.9 Å². The summed E-state index contributed by atoms with van der Waals surface area (Å²) in [7, 11) is 0. The Balaban J connectivity index is 2.38. The highest BCUT2D eigenvalue weighted by atomic mass is 35.5. The highest BCUT2D eigenvalue weighted by molar-refractivity contribution is 6.30. The van der Waals surface area contributed by atoms with E-state index in [0.29, 0.717) is 21.7 Å². The van der Waals surface area contributed by atoms with Crippen LogP contribution in [0.25, 0.3) is 27.6 Å². The molecule has 3 aromatic heterocycles. The van der Waals surface area contributed by atoms with E-state index in [-0.39, 0.29) is 5.56 Å². The number of hydrogen-bond acceptors (Lipinski definition) is 2. The quantitative estimate of drug-likeness (QED) is 0.533. The van der Waals surface area contributed by atoms with Crippen molar-refractivity contribution in [1.29, 1.82) is 0 Å². The molecule has 1 N–H and O–H groups in total. The molecule has 92 valence electrons. The molecule has 3 heterocycles. The van der Waals surface area contributed by atoms with Crippen molar-refractivity contribution in [3.05, 3.63) is 58.0 Å². The normalized spacial score (nSPS) is 11.6. The van der Waals surface area contributed by atoms with Crippen LogP contribution in [0.1, 0.15) is 0 Å². The molecule has 0 spiro atoms. The number of fused-ring (bicyclic) bond motifs is 5. The van der Waals surface area contributed by atoms with Gasteiger partial charge in [-0.05, 0) is 18.2 Å². The predicted octanol–water partition coefficient (Wildman–Crippen LogP) is 2.98. The monoisotopic (exact) mass is 269 g/mol. The molecule has 4 nitrogen and oxygen atoms in total. The molecule has 0 radical (unpaired) electrons. The zero-order valence-corrected chi connectivity index (χ0v) is 10.5. The molecular weight excluding hydrogens is 262 g/mol. The van der Waals surface area contributed by atoms with Gasteiger partial charge in [0.2, 0.25) is 0 Å². The number of nitrogens with zero attached hydrogens (tertiary/aromatic N) is 2. The zero-order chi connectivity index (χ0) is 13.0. The van der Waals surface area contributed by atoms with Gasteiger partial charge in [0.25, 0.3) is 5.56 Å². The van der Waals surface area contributed by atoms with Crippen LogP contribution in [0, 0.1) is 0 Å². The average molecular weight is 270 g/mol. The molecule has 0 aliphatic heterocycles. The van der Waals surface area contributed by atoms with Crippen molar-refractivity contribution < 1.29 is 0 Å². The highest BCUT2D eigenvalue weighted by Crippen LogP contribution is 2.22. The minimum atomic E-state index is -0.163. The SMILES string of the molecule is O=c1[nH]c2ccccc2c2nc3ccc(Cl)cn3c12. The number of para-hydroxylation sites is 1. The zero-order valence-electron chi connectivity index (χ0n) is 9.72. The van der Waals surface area contributed by atoms with Gasteiger partial charge in [0.1, 0.15) is 16.7 Å². The van der Waals surface area contributed by atoms with E-state index in [1.807, 2.05) is 24.3 Å². The first-order chi connectivity index (χ1) is 9.24. The van der Waals surface area contributed by atoms with Crippen LogP contribution >= 0.6 is 11.6 Å². The first-order valence-electron chi connectivity index (χ1n) is 5.82. The molecule has 0 bridgehead atoms. The summed E-state index contributed by atoms with van der Waals surface area (Å²) in [5.74, 6) is 0. The van der Waals surface area contributed by atoms with Crippen LogP contribution in [0.4, 0.5) is 0 Å². The van der Waals surface area contributed by atoms with Gasteiger partial charge in [-0.2, -0.15) is 0 Å².